The predicted octanol–water partition coefficient (Wildman–Crippen LogP) is 1.91. The van der Waals surface area contributed by atoms with Gasteiger partial charge in [0.15, 0.2) is 0 Å². The van der Waals surface area contributed by atoms with Gasteiger partial charge in [0, 0.05) is 17.1 Å². The zero-order chi connectivity index (χ0) is 11.6. The third-order valence-corrected chi connectivity index (χ3v) is 2.63. The molecule has 82 valence electrons. The minimum absolute atomic E-state index is 0.0891. The van der Waals surface area contributed by atoms with E-state index in [1.807, 2.05) is 0 Å². The van der Waals surface area contributed by atoms with Crippen molar-refractivity contribution in [3.63, 3.8) is 0 Å². The largest absolute Gasteiger partial charge is 0.481 e. The first kappa shape index (κ1) is 11.9. The molecule has 1 aromatic carbocycles. The summed E-state index contributed by atoms with van der Waals surface area (Å²) in [6.45, 7) is 1.44. The molecule has 0 aromatic heterocycles. The van der Waals surface area contributed by atoms with E-state index in [0.717, 1.165) is 6.07 Å². The molecular formula is C10H11ClFNO2. The smallest absolute Gasteiger partial charge is 0.312 e. The fourth-order valence-corrected chi connectivity index (χ4v) is 1.46. The third-order valence-electron chi connectivity index (χ3n) is 2.24. The monoisotopic (exact) mass is 231 g/mol. The lowest BCUT2D eigenvalue weighted by Gasteiger charge is -2.11. The highest BCUT2D eigenvalue weighted by Gasteiger charge is 2.20. The van der Waals surface area contributed by atoms with Crippen molar-refractivity contribution in [1.82, 2.24) is 0 Å². The number of rotatable bonds is 3. The molecule has 0 radical (unpaired) electrons. The number of hydrogen-bond acceptors (Lipinski definition) is 2. The van der Waals surface area contributed by atoms with Crippen LogP contribution in [0.1, 0.15) is 17.0 Å². The maximum absolute atomic E-state index is 13.3. The zero-order valence-corrected chi connectivity index (χ0v) is 8.88. The molecule has 0 saturated heterocycles. The summed E-state index contributed by atoms with van der Waals surface area (Å²) >= 11 is 5.75. The normalized spacial score (nSPS) is 12.5. The number of benzene rings is 1. The fourth-order valence-electron chi connectivity index (χ4n) is 1.25. The Hall–Kier alpha value is -1.13. The van der Waals surface area contributed by atoms with Crippen LogP contribution in [0.15, 0.2) is 12.1 Å². The lowest BCUT2D eigenvalue weighted by molar-refractivity contribution is -0.138. The lowest BCUT2D eigenvalue weighted by atomic mass is 9.98. The molecule has 0 saturated carbocycles. The van der Waals surface area contributed by atoms with Crippen LogP contribution in [-0.2, 0) is 4.79 Å². The Bertz CT molecular complexity index is 372. The first-order valence-corrected chi connectivity index (χ1v) is 4.73. The van der Waals surface area contributed by atoms with Crippen molar-refractivity contribution < 1.29 is 14.3 Å². The highest BCUT2D eigenvalue weighted by Crippen LogP contribution is 2.25. The minimum atomic E-state index is -1.09. The Balaban J connectivity index is 3.20. The molecule has 0 bridgehead atoms. The molecule has 1 atom stereocenters. The van der Waals surface area contributed by atoms with Crippen molar-refractivity contribution in [3.8, 4) is 0 Å². The number of hydrogen-bond donors (Lipinski definition) is 2. The molecule has 0 aliphatic rings. The van der Waals surface area contributed by atoms with Crippen molar-refractivity contribution in [2.24, 2.45) is 5.73 Å². The van der Waals surface area contributed by atoms with E-state index in [-0.39, 0.29) is 17.1 Å². The Kier molecular flexibility index (Phi) is 3.66. The summed E-state index contributed by atoms with van der Waals surface area (Å²) in [5, 5.41) is 9.04. The maximum atomic E-state index is 13.3. The van der Waals surface area contributed by atoms with Crippen LogP contribution in [0.5, 0.6) is 0 Å². The van der Waals surface area contributed by atoms with E-state index in [1.54, 1.807) is 0 Å². The van der Waals surface area contributed by atoms with Gasteiger partial charge in [-0.15, -0.1) is 0 Å². The molecule has 1 aromatic rings. The van der Waals surface area contributed by atoms with Crippen LogP contribution in [0.3, 0.4) is 0 Å². The van der Waals surface area contributed by atoms with E-state index in [9.17, 15) is 9.18 Å². The van der Waals surface area contributed by atoms with Crippen molar-refractivity contribution in [2.75, 3.05) is 6.54 Å². The van der Waals surface area contributed by atoms with Gasteiger partial charge in [-0.25, -0.2) is 4.39 Å². The minimum Gasteiger partial charge on any atom is -0.481 e. The van der Waals surface area contributed by atoms with Crippen LogP contribution >= 0.6 is 11.6 Å². The molecule has 0 heterocycles. The SMILES string of the molecule is Cc1c(F)cc(C(CN)C(=O)O)cc1Cl. The van der Waals surface area contributed by atoms with Crippen molar-refractivity contribution in [1.29, 1.82) is 0 Å². The molecule has 0 fully saturated rings. The number of carboxylic acids is 1. The summed E-state index contributed by atoms with van der Waals surface area (Å²) in [6, 6.07) is 2.60. The lowest BCUT2D eigenvalue weighted by Crippen LogP contribution is -2.21. The second kappa shape index (κ2) is 4.59. The second-order valence-electron chi connectivity index (χ2n) is 3.24. The Morgan fingerprint density at radius 3 is 2.67 bits per heavy atom. The molecule has 1 rings (SSSR count). The van der Waals surface area contributed by atoms with Crippen LogP contribution in [0.4, 0.5) is 4.39 Å². The van der Waals surface area contributed by atoms with Crippen LogP contribution in [-0.4, -0.2) is 17.6 Å². The number of carbonyl (C=O) groups is 1. The maximum Gasteiger partial charge on any atom is 0.312 e. The molecule has 15 heavy (non-hydrogen) atoms. The second-order valence-corrected chi connectivity index (χ2v) is 3.64. The first-order chi connectivity index (χ1) is 6.97. The van der Waals surface area contributed by atoms with Crippen molar-refractivity contribution >= 4 is 17.6 Å². The van der Waals surface area contributed by atoms with Crippen molar-refractivity contribution in [3.05, 3.63) is 34.1 Å². The van der Waals surface area contributed by atoms with E-state index in [1.165, 1.54) is 13.0 Å². The van der Waals surface area contributed by atoms with E-state index < -0.39 is 17.7 Å². The summed E-state index contributed by atoms with van der Waals surface area (Å²) in [7, 11) is 0. The molecule has 0 amide bonds. The highest BCUT2D eigenvalue weighted by atomic mass is 35.5. The van der Waals surface area contributed by atoms with Gasteiger partial charge in [0.05, 0.1) is 5.92 Å². The molecule has 5 heteroatoms. The van der Waals surface area contributed by atoms with E-state index in [4.69, 9.17) is 22.4 Å². The van der Waals surface area contributed by atoms with Gasteiger partial charge in [0.1, 0.15) is 5.82 Å². The average Bonchev–Trinajstić information content (AvgIpc) is 2.14. The average molecular weight is 232 g/mol. The van der Waals surface area contributed by atoms with Gasteiger partial charge >= 0.3 is 5.97 Å². The highest BCUT2D eigenvalue weighted by molar-refractivity contribution is 6.31. The fraction of sp³-hybridized carbons (Fsp3) is 0.300. The van der Waals surface area contributed by atoms with Gasteiger partial charge in [0.2, 0.25) is 0 Å². The molecule has 0 aliphatic heterocycles. The molecule has 0 aliphatic carbocycles. The van der Waals surface area contributed by atoms with Crippen LogP contribution in [0, 0.1) is 12.7 Å². The summed E-state index contributed by atoms with van der Waals surface area (Å²) in [5.74, 6) is -2.52. The standard InChI is InChI=1S/C10H11ClFNO2/c1-5-8(11)2-6(3-9(5)12)7(4-13)10(14)15/h2-3,7H,4,13H2,1H3,(H,14,15). The van der Waals surface area contributed by atoms with Gasteiger partial charge < -0.3 is 10.8 Å². The first-order valence-electron chi connectivity index (χ1n) is 4.35. The number of carboxylic acid groups (broad SMARTS) is 1. The number of nitrogens with two attached hydrogens (primary N) is 1. The van der Waals surface area contributed by atoms with E-state index in [2.05, 4.69) is 0 Å². The Morgan fingerprint density at radius 2 is 2.27 bits per heavy atom. The summed E-state index contributed by atoms with van der Waals surface area (Å²) in [6.07, 6.45) is 0. The molecule has 3 N–H and O–H groups in total. The number of aliphatic carboxylic acids is 1. The van der Waals surface area contributed by atoms with Crippen LogP contribution in [0.25, 0.3) is 0 Å². The van der Waals surface area contributed by atoms with Gasteiger partial charge in [0.25, 0.3) is 0 Å². The number of halogens is 2. The van der Waals surface area contributed by atoms with Gasteiger partial charge in [-0.1, -0.05) is 11.6 Å². The third kappa shape index (κ3) is 2.46. The molecular weight excluding hydrogens is 221 g/mol. The van der Waals surface area contributed by atoms with Crippen LogP contribution in [0.2, 0.25) is 5.02 Å². The summed E-state index contributed by atoms with van der Waals surface area (Å²) in [5.41, 5.74) is 5.89. The van der Waals surface area contributed by atoms with Gasteiger partial charge in [-0.05, 0) is 24.6 Å². The van der Waals surface area contributed by atoms with Crippen molar-refractivity contribution in [2.45, 2.75) is 12.8 Å². The van der Waals surface area contributed by atoms with Crippen LogP contribution < -0.4 is 5.73 Å². The molecule has 1 unspecified atom stereocenters. The summed E-state index contributed by atoms with van der Waals surface area (Å²) < 4.78 is 13.3. The Labute approximate surface area is 91.7 Å². The topological polar surface area (TPSA) is 63.3 Å². The van der Waals surface area contributed by atoms with Gasteiger partial charge in [-0.2, -0.15) is 0 Å². The zero-order valence-electron chi connectivity index (χ0n) is 8.13. The molecule has 3 nitrogen and oxygen atoms in total. The summed E-state index contributed by atoms with van der Waals surface area (Å²) in [4.78, 5) is 10.8. The van der Waals surface area contributed by atoms with E-state index in [0.29, 0.717) is 5.56 Å². The van der Waals surface area contributed by atoms with Gasteiger partial charge in [-0.3, -0.25) is 4.79 Å². The Morgan fingerprint density at radius 1 is 1.67 bits per heavy atom. The predicted molar refractivity (Wildman–Crippen MR) is 55.6 cm³/mol. The molecule has 0 spiro atoms. The van der Waals surface area contributed by atoms with E-state index >= 15 is 0 Å². The quantitative estimate of drug-likeness (QED) is 0.835.